The van der Waals surface area contributed by atoms with Crippen molar-refractivity contribution in [3.05, 3.63) is 36.4 Å². The van der Waals surface area contributed by atoms with Crippen molar-refractivity contribution < 1.29 is 0 Å². The van der Waals surface area contributed by atoms with Crippen molar-refractivity contribution in [2.45, 2.75) is 4.90 Å². The molecule has 0 amide bonds. The molecule has 0 saturated carbocycles. The van der Waals surface area contributed by atoms with E-state index in [0.29, 0.717) is 0 Å². The van der Waals surface area contributed by atoms with Crippen LogP contribution in [0.25, 0.3) is 20.2 Å². The highest BCUT2D eigenvalue weighted by Crippen LogP contribution is 2.47. The summed E-state index contributed by atoms with van der Waals surface area (Å²) in [7, 11) is -0.678. The number of fused-ring (bicyclic) bond motifs is 3. The Bertz CT molecular complexity index is 735. The van der Waals surface area contributed by atoms with Gasteiger partial charge in [-0.25, -0.2) is 10.0 Å². The Morgan fingerprint density at radius 1 is 0.889 bits per heavy atom. The summed E-state index contributed by atoms with van der Waals surface area (Å²) in [6, 6.07) is 13.1. The lowest BCUT2D eigenvalue weighted by Gasteiger charge is -2.25. The van der Waals surface area contributed by atoms with E-state index in [1.807, 2.05) is 17.4 Å². The maximum Gasteiger partial charge on any atom is 0.0356 e. The van der Waals surface area contributed by atoms with Crippen LogP contribution in [0.15, 0.2) is 41.3 Å². The molecule has 0 spiro atoms. The van der Waals surface area contributed by atoms with Gasteiger partial charge in [0.05, 0.1) is 0 Å². The molecule has 1 aromatic heterocycles. The zero-order chi connectivity index (χ0) is 12.9. The average Bonchev–Trinajstić information content (AvgIpc) is 2.65. The maximum absolute atomic E-state index is 5.91. The highest BCUT2D eigenvalue weighted by Gasteiger charge is 2.11. The first-order chi connectivity index (χ1) is 8.45. The van der Waals surface area contributed by atoms with E-state index in [4.69, 9.17) is 5.73 Å². The Morgan fingerprint density at radius 2 is 1.50 bits per heavy atom. The largest absolute Gasteiger partial charge is 0.399 e. The van der Waals surface area contributed by atoms with Gasteiger partial charge in [0, 0.05) is 25.9 Å². The van der Waals surface area contributed by atoms with Crippen molar-refractivity contribution in [3.8, 4) is 0 Å². The molecule has 0 atom stereocenters. The van der Waals surface area contributed by atoms with Gasteiger partial charge in [-0.3, -0.25) is 0 Å². The van der Waals surface area contributed by atoms with Crippen LogP contribution in [0.3, 0.4) is 0 Å². The number of benzene rings is 2. The SMILES string of the molecule is CS(C)(C)c1ccc2sc3ccc(N)cc3c2c1. The molecule has 0 fully saturated rings. The lowest BCUT2D eigenvalue weighted by Crippen LogP contribution is -1.91. The second-order valence-corrected chi connectivity index (χ2v) is 10.6. The Kier molecular flexibility index (Phi) is 2.57. The highest BCUT2D eigenvalue weighted by atomic mass is 32.3. The van der Waals surface area contributed by atoms with Gasteiger partial charge in [0.1, 0.15) is 0 Å². The molecule has 0 saturated heterocycles. The van der Waals surface area contributed by atoms with Gasteiger partial charge in [-0.05, 0) is 60.1 Å². The fraction of sp³-hybridized carbons (Fsp3) is 0.200. The minimum atomic E-state index is -0.678. The minimum Gasteiger partial charge on any atom is -0.399 e. The van der Waals surface area contributed by atoms with Crippen molar-refractivity contribution in [3.63, 3.8) is 0 Å². The summed E-state index contributed by atoms with van der Waals surface area (Å²) in [5.41, 5.74) is 6.75. The van der Waals surface area contributed by atoms with Crippen LogP contribution < -0.4 is 5.73 Å². The van der Waals surface area contributed by atoms with Crippen LogP contribution in [-0.4, -0.2) is 18.8 Å². The Labute approximate surface area is 113 Å². The van der Waals surface area contributed by atoms with Gasteiger partial charge in [0.2, 0.25) is 0 Å². The molecule has 0 aliphatic carbocycles. The third-order valence-corrected chi connectivity index (χ3v) is 5.99. The molecule has 0 aliphatic rings. The van der Waals surface area contributed by atoms with Gasteiger partial charge in [0.15, 0.2) is 0 Å². The Morgan fingerprint density at radius 3 is 2.17 bits per heavy atom. The molecule has 94 valence electrons. The van der Waals surface area contributed by atoms with E-state index in [2.05, 4.69) is 49.1 Å². The fourth-order valence-electron chi connectivity index (χ4n) is 2.16. The number of thiophene rings is 1. The van der Waals surface area contributed by atoms with Gasteiger partial charge in [-0.2, -0.15) is 0 Å². The molecule has 1 nitrogen and oxygen atoms in total. The average molecular weight is 275 g/mol. The predicted molar refractivity (Wildman–Crippen MR) is 87.4 cm³/mol. The van der Waals surface area contributed by atoms with Crippen molar-refractivity contribution >= 4 is 47.2 Å². The first-order valence-corrected chi connectivity index (χ1v) is 9.53. The highest BCUT2D eigenvalue weighted by molar-refractivity contribution is 8.32. The quantitative estimate of drug-likeness (QED) is 0.641. The van der Waals surface area contributed by atoms with Gasteiger partial charge in [-0.1, -0.05) is 0 Å². The van der Waals surface area contributed by atoms with Crippen molar-refractivity contribution in [1.29, 1.82) is 0 Å². The number of rotatable bonds is 1. The summed E-state index contributed by atoms with van der Waals surface area (Å²) in [4.78, 5) is 1.46. The van der Waals surface area contributed by atoms with E-state index in [0.717, 1.165) is 5.69 Å². The summed E-state index contributed by atoms with van der Waals surface area (Å²) in [6.45, 7) is 0. The van der Waals surface area contributed by atoms with E-state index < -0.39 is 10.0 Å². The van der Waals surface area contributed by atoms with Crippen LogP contribution in [-0.2, 0) is 0 Å². The van der Waals surface area contributed by atoms with E-state index in [9.17, 15) is 0 Å². The molecule has 1 heterocycles. The van der Waals surface area contributed by atoms with Crippen LogP contribution in [0.1, 0.15) is 0 Å². The third-order valence-electron chi connectivity index (χ3n) is 3.17. The monoisotopic (exact) mass is 275 g/mol. The predicted octanol–water partition coefficient (Wildman–Crippen LogP) is 4.69. The Hall–Kier alpha value is -1.19. The van der Waals surface area contributed by atoms with Crippen molar-refractivity contribution in [1.82, 2.24) is 0 Å². The van der Waals surface area contributed by atoms with Gasteiger partial charge in [0.25, 0.3) is 0 Å². The first kappa shape index (κ1) is 11.9. The van der Waals surface area contributed by atoms with Crippen LogP contribution >= 0.6 is 21.4 Å². The molecule has 3 rings (SSSR count). The lowest BCUT2D eigenvalue weighted by molar-refractivity contribution is 1.49. The van der Waals surface area contributed by atoms with Crippen LogP contribution in [0, 0.1) is 0 Å². The molecule has 0 unspecified atom stereocenters. The second kappa shape index (κ2) is 3.90. The van der Waals surface area contributed by atoms with Crippen molar-refractivity contribution in [2.75, 3.05) is 24.5 Å². The van der Waals surface area contributed by atoms with Crippen molar-refractivity contribution in [2.24, 2.45) is 0 Å². The molecule has 0 aliphatic heterocycles. The second-order valence-electron chi connectivity index (χ2n) is 5.35. The molecule has 3 aromatic rings. The van der Waals surface area contributed by atoms with Crippen LogP contribution in [0.4, 0.5) is 5.69 Å². The molecule has 2 N–H and O–H groups in total. The number of hydrogen-bond acceptors (Lipinski definition) is 2. The summed E-state index contributed by atoms with van der Waals surface area (Å²) in [5, 5.41) is 2.64. The zero-order valence-electron chi connectivity index (χ0n) is 10.9. The van der Waals surface area contributed by atoms with E-state index in [1.165, 1.54) is 25.1 Å². The number of hydrogen-bond donors (Lipinski definition) is 1. The fourth-order valence-corrected chi connectivity index (χ4v) is 4.17. The number of nitrogens with two attached hydrogens (primary N) is 1. The molecule has 18 heavy (non-hydrogen) atoms. The molecular formula is C15H17NS2. The van der Waals surface area contributed by atoms with E-state index in [1.54, 1.807) is 0 Å². The summed E-state index contributed by atoms with van der Waals surface area (Å²) >= 11 is 1.84. The van der Waals surface area contributed by atoms with Gasteiger partial charge < -0.3 is 5.73 Å². The smallest absolute Gasteiger partial charge is 0.0356 e. The minimum absolute atomic E-state index is 0.678. The van der Waals surface area contributed by atoms with Gasteiger partial charge >= 0.3 is 0 Å². The van der Waals surface area contributed by atoms with E-state index in [-0.39, 0.29) is 0 Å². The molecular weight excluding hydrogens is 258 g/mol. The van der Waals surface area contributed by atoms with Gasteiger partial charge in [-0.15, -0.1) is 11.3 Å². The summed E-state index contributed by atoms with van der Waals surface area (Å²) in [6.07, 6.45) is 6.99. The molecule has 0 radical (unpaired) electrons. The third kappa shape index (κ3) is 1.88. The maximum atomic E-state index is 5.91. The molecule has 2 aromatic carbocycles. The molecule has 0 bridgehead atoms. The first-order valence-electron chi connectivity index (χ1n) is 5.85. The summed E-state index contributed by atoms with van der Waals surface area (Å²) in [5.74, 6) is 0. The number of nitrogen functional groups attached to an aromatic ring is 1. The summed E-state index contributed by atoms with van der Waals surface area (Å²) < 4.78 is 2.67. The normalized spacial score (nSPS) is 13.3. The number of anilines is 1. The standard InChI is InChI=1S/C15H17NS2/c1-18(2,3)11-5-7-15-13(9-11)12-8-10(16)4-6-14(12)17-15/h4-9H,16H2,1-3H3. The van der Waals surface area contributed by atoms with E-state index >= 15 is 0 Å². The topological polar surface area (TPSA) is 26.0 Å². The van der Waals surface area contributed by atoms with Crippen LogP contribution in [0.2, 0.25) is 0 Å². The Balaban J connectivity index is 2.38. The lowest BCUT2D eigenvalue weighted by atomic mass is 10.1. The zero-order valence-corrected chi connectivity index (χ0v) is 12.5. The molecule has 3 heteroatoms. The van der Waals surface area contributed by atoms with Crippen LogP contribution in [0.5, 0.6) is 0 Å².